The predicted octanol–water partition coefficient (Wildman–Crippen LogP) is 3.12. The predicted molar refractivity (Wildman–Crippen MR) is 91.2 cm³/mol. The van der Waals surface area contributed by atoms with Crippen molar-refractivity contribution in [3.63, 3.8) is 0 Å². The van der Waals surface area contributed by atoms with Crippen molar-refractivity contribution in [3.05, 3.63) is 63.2 Å². The lowest BCUT2D eigenvalue weighted by Gasteiger charge is -2.14. The van der Waals surface area contributed by atoms with E-state index in [1.165, 1.54) is 36.4 Å². The summed E-state index contributed by atoms with van der Waals surface area (Å²) in [6.45, 7) is 0. The molecule has 0 spiro atoms. The van der Waals surface area contributed by atoms with Crippen molar-refractivity contribution in [2.75, 3.05) is 4.90 Å². The highest BCUT2D eigenvalue weighted by molar-refractivity contribution is 6.32. The van der Waals surface area contributed by atoms with Gasteiger partial charge in [-0.1, -0.05) is 11.6 Å². The molecule has 0 radical (unpaired) electrons. The third kappa shape index (κ3) is 3.40. The van der Waals surface area contributed by atoms with Gasteiger partial charge in [-0.05, 0) is 30.3 Å². The first-order chi connectivity index (χ1) is 12.4. The van der Waals surface area contributed by atoms with Gasteiger partial charge >= 0.3 is 5.97 Å². The summed E-state index contributed by atoms with van der Waals surface area (Å²) in [5, 5.41) is 10.6. The van der Waals surface area contributed by atoms with E-state index in [0.29, 0.717) is 5.69 Å². The fraction of sp³-hybridized carbons (Fsp3) is 0.118. The Morgan fingerprint density at radius 1 is 1.08 bits per heavy atom. The number of non-ortho nitro benzene ring substituents is 1. The molecule has 2 aromatic rings. The first-order valence-electron chi connectivity index (χ1n) is 7.49. The van der Waals surface area contributed by atoms with Gasteiger partial charge in [-0.15, -0.1) is 0 Å². The lowest BCUT2D eigenvalue weighted by Crippen LogP contribution is -2.28. The topological polar surface area (TPSA) is 107 Å². The molecule has 26 heavy (non-hydrogen) atoms. The number of esters is 1. The fourth-order valence-electron chi connectivity index (χ4n) is 2.46. The van der Waals surface area contributed by atoms with Gasteiger partial charge in [0.2, 0.25) is 11.8 Å². The minimum atomic E-state index is -0.730. The molecule has 0 N–H and O–H groups in total. The first-order valence-corrected chi connectivity index (χ1v) is 7.86. The van der Waals surface area contributed by atoms with Crippen molar-refractivity contribution >= 4 is 40.8 Å². The highest BCUT2D eigenvalue weighted by Gasteiger charge is 2.30. The van der Waals surface area contributed by atoms with Crippen LogP contribution in [-0.4, -0.2) is 22.7 Å². The van der Waals surface area contributed by atoms with Crippen LogP contribution in [0, 0.1) is 10.1 Å². The Morgan fingerprint density at radius 2 is 1.69 bits per heavy atom. The largest absolute Gasteiger partial charge is 0.421 e. The van der Waals surface area contributed by atoms with E-state index in [1.54, 1.807) is 0 Å². The number of ether oxygens (including phenoxy) is 1. The number of nitrogens with zero attached hydrogens (tertiary/aromatic N) is 2. The van der Waals surface area contributed by atoms with Crippen LogP contribution in [-0.2, 0) is 9.59 Å². The van der Waals surface area contributed by atoms with Crippen molar-refractivity contribution in [1.29, 1.82) is 0 Å². The zero-order chi connectivity index (χ0) is 18.8. The Kier molecular flexibility index (Phi) is 4.68. The molecule has 1 saturated heterocycles. The van der Waals surface area contributed by atoms with Crippen LogP contribution in [0.4, 0.5) is 11.4 Å². The third-order valence-corrected chi connectivity index (χ3v) is 4.04. The van der Waals surface area contributed by atoms with Crippen LogP contribution in [0.25, 0.3) is 0 Å². The molecule has 0 aromatic heterocycles. The van der Waals surface area contributed by atoms with E-state index in [4.69, 9.17) is 16.3 Å². The Labute approximate surface area is 152 Å². The van der Waals surface area contributed by atoms with E-state index < -0.39 is 10.9 Å². The summed E-state index contributed by atoms with van der Waals surface area (Å²) in [5.74, 6) is -1.33. The van der Waals surface area contributed by atoms with E-state index in [2.05, 4.69) is 0 Å². The molecule has 132 valence electrons. The van der Waals surface area contributed by atoms with Gasteiger partial charge < -0.3 is 4.74 Å². The number of carbonyl (C=O) groups is 3. The van der Waals surface area contributed by atoms with E-state index in [1.807, 2.05) is 0 Å². The lowest BCUT2D eigenvalue weighted by atomic mass is 10.2. The van der Waals surface area contributed by atoms with Gasteiger partial charge in [0.25, 0.3) is 5.69 Å². The van der Waals surface area contributed by atoms with Crippen molar-refractivity contribution < 1.29 is 24.0 Å². The molecule has 1 aliphatic rings. The lowest BCUT2D eigenvalue weighted by molar-refractivity contribution is -0.384. The number of halogens is 1. The van der Waals surface area contributed by atoms with Gasteiger partial charge in [-0.2, -0.15) is 0 Å². The van der Waals surface area contributed by atoms with Crippen LogP contribution in [0.1, 0.15) is 23.2 Å². The fourth-order valence-corrected chi connectivity index (χ4v) is 2.67. The molecule has 8 nitrogen and oxygen atoms in total. The molecular formula is C17H11ClN2O6. The van der Waals surface area contributed by atoms with Crippen molar-refractivity contribution in [2.24, 2.45) is 0 Å². The summed E-state index contributed by atoms with van der Waals surface area (Å²) in [7, 11) is 0. The number of nitro benzene ring substituents is 1. The number of carbonyl (C=O) groups excluding carboxylic acids is 3. The van der Waals surface area contributed by atoms with E-state index in [0.717, 1.165) is 11.0 Å². The summed E-state index contributed by atoms with van der Waals surface area (Å²) < 4.78 is 5.13. The summed E-state index contributed by atoms with van der Waals surface area (Å²) in [4.78, 5) is 46.7. The summed E-state index contributed by atoms with van der Waals surface area (Å²) >= 11 is 5.89. The molecule has 1 aliphatic heterocycles. The zero-order valence-corrected chi connectivity index (χ0v) is 13.9. The van der Waals surface area contributed by atoms with Gasteiger partial charge in [-0.25, -0.2) is 4.79 Å². The average Bonchev–Trinajstić information content (AvgIpc) is 2.95. The Bertz CT molecular complexity index is 909. The van der Waals surface area contributed by atoms with E-state index >= 15 is 0 Å². The van der Waals surface area contributed by atoms with Crippen molar-refractivity contribution in [2.45, 2.75) is 12.8 Å². The van der Waals surface area contributed by atoms with Crippen LogP contribution < -0.4 is 9.64 Å². The molecule has 1 heterocycles. The molecular weight excluding hydrogens is 364 g/mol. The quantitative estimate of drug-likeness (QED) is 0.267. The summed E-state index contributed by atoms with van der Waals surface area (Å²) in [6.07, 6.45) is 0.336. The number of hydrogen-bond acceptors (Lipinski definition) is 6. The molecule has 0 saturated carbocycles. The van der Waals surface area contributed by atoms with Gasteiger partial charge in [0.05, 0.1) is 21.2 Å². The number of nitro groups is 1. The number of anilines is 1. The van der Waals surface area contributed by atoms with Crippen LogP contribution in [0.5, 0.6) is 5.75 Å². The molecule has 0 unspecified atom stereocenters. The smallest absolute Gasteiger partial charge is 0.343 e. The molecule has 0 atom stereocenters. The number of rotatable bonds is 4. The monoisotopic (exact) mass is 374 g/mol. The van der Waals surface area contributed by atoms with Crippen LogP contribution in [0.15, 0.2) is 42.5 Å². The number of benzene rings is 2. The maximum atomic E-state index is 12.2. The average molecular weight is 375 g/mol. The number of amides is 2. The third-order valence-electron chi connectivity index (χ3n) is 3.74. The molecule has 1 fully saturated rings. The number of imide groups is 1. The second kappa shape index (κ2) is 6.93. The molecule has 0 bridgehead atoms. The van der Waals surface area contributed by atoms with E-state index in [-0.39, 0.29) is 46.7 Å². The second-order valence-corrected chi connectivity index (χ2v) is 5.84. The van der Waals surface area contributed by atoms with Crippen molar-refractivity contribution in [3.8, 4) is 5.75 Å². The van der Waals surface area contributed by atoms with Crippen molar-refractivity contribution in [1.82, 2.24) is 0 Å². The van der Waals surface area contributed by atoms with Crippen LogP contribution in [0.3, 0.4) is 0 Å². The standard InChI is InChI=1S/C17H11ClN2O6/c18-13-9-12(20(24)25)5-6-14(13)26-17(23)10-1-3-11(4-2-10)19-15(21)7-8-16(19)22/h1-6,9H,7-8H2. The van der Waals surface area contributed by atoms with Gasteiger partial charge in [0.1, 0.15) is 5.75 Å². The molecule has 2 amide bonds. The highest BCUT2D eigenvalue weighted by Crippen LogP contribution is 2.29. The molecule has 2 aromatic carbocycles. The first kappa shape index (κ1) is 17.6. The normalized spacial score (nSPS) is 13.8. The Hall–Kier alpha value is -3.26. The van der Waals surface area contributed by atoms with Gasteiger partial charge in [0.15, 0.2) is 0 Å². The number of hydrogen-bond donors (Lipinski definition) is 0. The van der Waals surface area contributed by atoms with Crippen LogP contribution >= 0.6 is 11.6 Å². The SMILES string of the molecule is O=C(Oc1ccc([N+](=O)[O-])cc1Cl)c1ccc(N2C(=O)CCC2=O)cc1. The Balaban J connectivity index is 1.75. The molecule has 3 rings (SSSR count). The van der Waals surface area contributed by atoms with Gasteiger partial charge in [-0.3, -0.25) is 24.6 Å². The summed E-state index contributed by atoms with van der Waals surface area (Å²) in [6, 6.07) is 9.24. The maximum absolute atomic E-state index is 12.2. The van der Waals surface area contributed by atoms with Crippen LogP contribution in [0.2, 0.25) is 5.02 Å². The second-order valence-electron chi connectivity index (χ2n) is 5.43. The summed E-state index contributed by atoms with van der Waals surface area (Å²) in [5.41, 5.74) is 0.323. The molecule has 0 aliphatic carbocycles. The Morgan fingerprint density at radius 3 is 2.23 bits per heavy atom. The minimum absolute atomic E-state index is 0.0174. The van der Waals surface area contributed by atoms with E-state index in [9.17, 15) is 24.5 Å². The molecule has 9 heteroatoms. The maximum Gasteiger partial charge on any atom is 0.343 e. The highest BCUT2D eigenvalue weighted by atomic mass is 35.5. The minimum Gasteiger partial charge on any atom is -0.421 e. The zero-order valence-electron chi connectivity index (χ0n) is 13.2. The van der Waals surface area contributed by atoms with Gasteiger partial charge in [0, 0.05) is 25.0 Å².